The number of rotatable bonds is 9. The van der Waals surface area contributed by atoms with E-state index in [2.05, 4.69) is 78.2 Å². The molecule has 2 atom stereocenters. The molecule has 1 N–H and O–H groups in total. The molecule has 0 aliphatic rings. The molecule has 0 amide bonds. The van der Waals surface area contributed by atoms with E-state index < -0.39 is 0 Å². The quantitative estimate of drug-likeness (QED) is 0.713. The summed E-state index contributed by atoms with van der Waals surface area (Å²) in [5.74, 6) is 0.788. The Morgan fingerprint density at radius 2 is 1.85 bits per heavy atom. The summed E-state index contributed by atoms with van der Waals surface area (Å²) in [4.78, 5) is 2.57. The molecule has 0 fully saturated rings. The van der Waals surface area contributed by atoms with Crippen molar-refractivity contribution < 1.29 is 0 Å². The highest BCUT2D eigenvalue weighted by Gasteiger charge is 2.12. The first-order valence-electron chi connectivity index (χ1n) is 7.75. The molecule has 1 aromatic carbocycles. The van der Waals surface area contributed by atoms with Crippen LogP contribution in [0, 0.1) is 5.92 Å². The zero-order valence-corrected chi connectivity index (χ0v) is 14.9. The average Bonchev–Trinajstić information content (AvgIpc) is 2.47. The van der Waals surface area contributed by atoms with Gasteiger partial charge >= 0.3 is 0 Å². The highest BCUT2D eigenvalue weighted by molar-refractivity contribution is 9.10. The molecule has 0 saturated heterocycles. The molecular weight excluding hydrogens is 312 g/mol. The van der Waals surface area contributed by atoms with Crippen molar-refractivity contribution in [3.63, 3.8) is 0 Å². The molecule has 0 radical (unpaired) electrons. The Balaban J connectivity index is 2.53. The number of nitrogens with one attached hydrogen (secondary N) is 1. The third-order valence-electron chi connectivity index (χ3n) is 4.07. The Morgan fingerprint density at radius 3 is 2.35 bits per heavy atom. The molecule has 0 aliphatic heterocycles. The molecule has 0 spiro atoms. The third-order valence-corrected chi connectivity index (χ3v) is 4.60. The van der Waals surface area contributed by atoms with E-state index in [4.69, 9.17) is 0 Å². The summed E-state index contributed by atoms with van der Waals surface area (Å²) < 4.78 is 1.14. The van der Waals surface area contributed by atoms with Gasteiger partial charge in [-0.1, -0.05) is 55.3 Å². The molecule has 2 nitrogen and oxygen atoms in total. The highest BCUT2D eigenvalue weighted by Crippen LogP contribution is 2.20. The van der Waals surface area contributed by atoms with Crippen LogP contribution in [0.25, 0.3) is 0 Å². The molecular formula is C17H29BrN2. The van der Waals surface area contributed by atoms with E-state index in [0.29, 0.717) is 6.04 Å². The molecule has 0 saturated carbocycles. The second-order valence-electron chi connectivity index (χ2n) is 5.59. The van der Waals surface area contributed by atoms with Gasteiger partial charge < -0.3 is 10.2 Å². The van der Waals surface area contributed by atoms with Crippen molar-refractivity contribution in [1.29, 1.82) is 0 Å². The molecule has 0 aromatic heterocycles. The van der Waals surface area contributed by atoms with E-state index in [-0.39, 0.29) is 0 Å². The maximum absolute atomic E-state index is 3.50. The summed E-state index contributed by atoms with van der Waals surface area (Å²) in [6.45, 7) is 10.4. The van der Waals surface area contributed by atoms with Gasteiger partial charge in [0.15, 0.2) is 0 Å². The maximum atomic E-state index is 3.50. The predicted molar refractivity (Wildman–Crippen MR) is 92.1 cm³/mol. The monoisotopic (exact) mass is 340 g/mol. The van der Waals surface area contributed by atoms with Crippen LogP contribution in [-0.4, -0.2) is 31.6 Å². The predicted octanol–water partition coefficient (Wildman–Crippen LogP) is 4.47. The first-order chi connectivity index (χ1) is 9.60. The van der Waals surface area contributed by atoms with Crippen LogP contribution in [-0.2, 0) is 0 Å². The molecule has 2 unspecified atom stereocenters. The van der Waals surface area contributed by atoms with Crippen molar-refractivity contribution in [2.24, 2.45) is 5.92 Å². The second kappa shape index (κ2) is 9.54. The van der Waals surface area contributed by atoms with Crippen LogP contribution in [0.3, 0.4) is 0 Å². The van der Waals surface area contributed by atoms with Crippen LogP contribution in [0.5, 0.6) is 0 Å². The van der Waals surface area contributed by atoms with Crippen LogP contribution in [0.1, 0.15) is 45.2 Å². The fourth-order valence-corrected chi connectivity index (χ4v) is 2.70. The number of nitrogens with zero attached hydrogens (tertiary/aromatic N) is 1. The first-order valence-corrected chi connectivity index (χ1v) is 8.55. The number of hydrogen-bond donors (Lipinski definition) is 1. The van der Waals surface area contributed by atoms with Gasteiger partial charge in [0.05, 0.1) is 0 Å². The Hall–Kier alpha value is -0.380. The van der Waals surface area contributed by atoms with E-state index in [1.54, 1.807) is 0 Å². The van der Waals surface area contributed by atoms with Crippen LogP contribution in [0.15, 0.2) is 28.7 Å². The van der Waals surface area contributed by atoms with E-state index in [0.717, 1.165) is 29.9 Å². The molecule has 0 bridgehead atoms. The van der Waals surface area contributed by atoms with Crippen molar-refractivity contribution in [3.05, 3.63) is 34.3 Å². The summed E-state index contributed by atoms with van der Waals surface area (Å²) in [6.07, 6.45) is 2.42. The SMILES string of the molecule is CCC(C)CN(CC)CCC(NC)c1ccc(Br)cc1. The lowest BCUT2D eigenvalue weighted by molar-refractivity contribution is 0.234. The minimum atomic E-state index is 0.439. The molecule has 1 rings (SSSR count). The van der Waals surface area contributed by atoms with Crippen LogP contribution >= 0.6 is 15.9 Å². The van der Waals surface area contributed by atoms with Crippen molar-refractivity contribution in [2.75, 3.05) is 26.7 Å². The number of benzene rings is 1. The molecule has 20 heavy (non-hydrogen) atoms. The van der Waals surface area contributed by atoms with E-state index >= 15 is 0 Å². The average molecular weight is 341 g/mol. The van der Waals surface area contributed by atoms with Gasteiger partial charge in [-0.25, -0.2) is 0 Å². The van der Waals surface area contributed by atoms with Crippen LogP contribution < -0.4 is 5.32 Å². The summed E-state index contributed by atoms with van der Waals surface area (Å²) in [6, 6.07) is 9.09. The lowest BCUT2D eigenvalue weighted by Crippen LogP contribution is -2.31. The van der Waals surface area contributed by atoms with Crippen molar-refractivity contribution in [3.8, 4) is 0 Å². The fraction of sp³-hybridized carbons (Fsp3) is 0.647. The lowest BCUT2D eigenvalue weighted by Gasteiger charge is -2.26. The second-order valence-corrected chi connectivity index (χ2v) is 6.50. The smallest absolute Gasteiger partial charge is 0.0329 e. The maximum Gasteiger partial charge on any atom is 0.0329 e. The molecule has 1 aromatic rings. The van der Waals surface area contributed by atoms with E-state index in [1.165, 1.54) is 18.5 Å². The lowest BCUT2D eigenvalue weighted by atomic mass is 10.0. The molecule has 0 heterocycles. The topological polar surface area (TPSA) is 15.3 Å². The molecule has 3 heteroatoms. The first kappa shape index (κ1) is 17.7. The van der Waals surface area contributed by atoms with Gasteiger partial charge in [-0.2, -0.15) is 0 Å². The number of halogens is 1. The van der Waals surface area contributed by atoms with Gasteiger partial charge in [-0.05, 0) is 50.2 Å². The number of hydrogen-bond acceptors (Lipinski definition) is 2. The third kappa shape index (κ3) is 5.94. The molecule has 0 aliphatic carbocycles. The van der Waals surface area contributed by atoms with Gasteiger partial charge in [-0.15, -0.1) is 0 Å². The normalized spacial score (nSPS) is 14.5. The van der Waals surface area contributed by atoms with Gasteiger partial charge in [0.25, 0.3) is 0 Å². The minimum Gasteiger partial charge on any atom is -0.313 e. The fourth-order valence-electron chi connectivity index (χ4n) is 2.43. The molecule has 114 valence electrons. The summed E-state index contributed by atoms with van der Waals surface area (Å²) in [5, 5.41) is 3.44. The van der Waals surface area contributed by atoms with Gasteiger partial charge in [0.2, 0.25) is 0 Å². The Morgan fingerprint density at radius 1 is 1.20 bits per heavy atom. The Labute approximate surface area is 133 Å². The summed E-state index contributed by atoms with van der Waals surface area (Å²) >= 11 is 3.50. The Kier molecular flexibility index (Phi) is 8.43. The van der Waals surface area contributed by atoms with Crippen molar-refractivity contribution in [2.45, 2.75) is 39.7 Å². The standard InChI is InChI=1S/C17H29BrN2/c1-5-14(3)13-20(6-2)12-11-17(19-4)15-7-9-16(18)10-8-15/h7-10,14,17,19H,5-6,11-13H2,1-4H3. The van der Waals surface area contributed by atoms with E-state index in [9.17, 15) is 0 Å². The minimum absolute atomic E-state index is 0.439. The largest absolute Gasteiger partial charge is 0.313 e. The van der Waals surface area contributed by atoms with Gasteiger partial charge in [-0.3, -0.25) is 0 Å². The zero-order valence-electron chi connectivity index (χ0n) is 13.3. The summed E-state index contributed by atoms with van der Waals surface area (Å²) in [5.41, 5.74) is 1.37. The van der Waals surface area contributed by atoms with Gasteiger partial charge in [0.1, 0.15) is 0 Å². The van der Waals surface area contributed by atoms with Crippen LogP contribution in [0.2, 0.25) is 0 Å². The van der Waals surface area contributed by atoms with Gasteiger partial charge in [0, 0.05) is 17.1 Å². The summed E-state index contributed by atoms with van der Waals surface area (Å²) in [7, 11) is 2.05. The Bertz CT molecular complexity index is 364. The van der Waals surface area contributed by atoms with Crippen molar-refractivity contribution >= 4 is 15.9 Å². The van der Waals surface area contributed by atoms with Crippen LogP contribution in [0.4, 0.5) is 0 Å². The van der Waals surface area contributed by atoms with E-state index in [1.807, 2.05) is 0 Å². The zero-order chi connectivity index (χ0) is 15.0. The highest BCUT2D eigenvalue weighted by atomic mass is 79.9. The van der Waals surface area contributed by atoms with Crippen molar-refractivity contribution in [1.82, 2.24) is 10.2 Å².